The molecule has 0 aromatic heterocycles. The maximum Gasteiger partial charge on any atom is 0.224 e. The molecule has 0 saturated carbocycles. The van der Waals surface area contributed by atoms with Crippen LogP contribution in [0.3, 0.4) is 0 Å². The number of amides is 1. The molecule has 2 rings (SSSR count). The van der Waals surface area contributed by atoms with Gasteiger partial charge in [0, 0.05) is 25.3 Å². The van der Waals surface area contributed by atoms with E-state index < -0.39 is 5.60 Å². The molecule has 0 spiro atoms. The molecule has 1 aromatic rings. The molecule has 98 valence electrons. The van der Waals surface area contributed by atoms with Crippen LogP contribution in [0.1, 0.15) is 12.0 Å². The average molecular weight is 250 g/mol. The van der Waals surface area contributed by atoms with E-state index >= 15 is 0 Å². The van der Waals surface area contributed by atoms with Crippen LogP contribution in [0.5, 0.6) is 0 Å². The fraction of sp³-hybridized carbons (Fsp3) is 0.462. The second-order valence-corrected chi connectivity index (χ2v) is 4.73. The van der Waals surface area contributed by atoms with Crippen molar-refractivity contribution in [3.63, 3.8) is 0 Å². The minimum Gasteiger partial charge on any atom is -0.399 e. The van der Waals surface area contributed by atoms with Crippen molar-refractivity contribution in [3.8, 4) is 0 Å². The first-order valence-electron chi connectivity index (χ1n) is 5.99. The van der Waals surface area contributed by atoms with Crippen LogP contribution in [-0.4, -0.2) is 36.4 Å². The van der Waals surface area contributed by atoms with Gasteiger partial charge in [0.15, 0.2) is 0 Å². The monoisotopic (exact) mass is 250 g/mol. The van der Waals surface area contributed by atoms with Gasteiger partial charge in [-0.05, 0) is 17.7 Å². The van der Waals surface area contributed by atoms with Crippen LogP contribution in [0.2, 0.25) is 0 Å². The Morgan fingerprint density at radius 2 is 2.39 bits per heavy atom. The highest BCUT2D eigenvalue weighted by molar-refractivity contribution is 5.78. The SMILES string of the molecule is Nc1cccc(CC(=O)NCC2(O)CCOC2)c1. The first-order chi connectivity index (χ1) is 8.57. The number of anilines is 1. The molecule has 1 amide bonds. The van der Waals surface area contributed by atoms with Gasteiger partial charge in [-0.3, -0.25) is 4.79 Å². The van der Waals surface area contributed by atoms with E-state index in [1.807, 2.05) is 12.1 Å². The number of benzene rings is 1. The van der Waals surface area contributed by atoms with Crippen molar-refractivity contribution in [2.45, 2.75) is 18.4 Å². The number of hydrogen-bond acceptors (Lipinski definition) is 4. The summed E-state index contributed by atoms with van der Waals surface area (Å²) in [6, 6.07) is 7.21. The molecule has 0 radical (unpaired) electrons. The second kappa shape index (κ2) is 5.37. The zero-order chi connectivity index (χ0) is 13.0. The molecule has 5 nitrogen and oxygen atoms in total. The van der Waals surface area contributed by atoms with Gasteiger partial charge in [-0.1, -0.05) is 12.1 Å². The lowest BCUT2D eigenvalue weighted by Gasteiger charge is -2.20. The van der Waals surface area contributed by atoms with Gasteiger partial charge < -0.3 is 20.9 Å². The Morgan fingerprint density at radius 3 is 3.06 bits per heavy atom. The Kier molecular flexibility index (Phi) is 3.84. The molecule has 0 aliphatic carbocycles. The van der Waals surface area contributed by atoms with E-state index in [1.165, 1.54) is 0 Å². The van der Waals surface area contributed by atoms with Crippen molar-refractivity contribution >= 4 is 11.6 Å². The highest BCUT2D eigenvalue weighted by atomic mass is 16.5. The van der Waals surface area contributed by atoms with Gasteiger partial charge in [-0.15, -0.1) is 0 Å². The summed E-state index contributed by atoms with van der Waals surface area (Å²) in [5.41, 5.74) is 6.23. The van der Waals surface area contributed by atoms with E-state index in [1.54, 1.807) is 12.1 Å². The molecule has 1 aliphatic heterocycles. The number of carbonyl (C=O) groups is 1. The van der Waals surface area contributed by atoms with Gasteiger partial charge in [-0.2, -0.15) is 0 Å². The summed E-state index contributed by atoms with van der Waals surface area (Å²) in [4.78, 5) is 11.7. The fourth-order valence-electron chi connectivity index (χ4n) is 1.95. The van der Waals surface area contributed by atoms with Gasteiger partial charge in [-0.25, -0.2) is 0 Å². The van der Waals surface area contributed by atoms with Gasteiger partial charge in [0.25, 0.3) is 0 Å². The molecule has 1 aromatic carbocycles. The predicted molar refractivity (Wildman–Crippen MR) is 68.0 cm³/mol. The van der Waals surface area contributed by atoms with Crippen LogP contribution in [0, 0.1) is 0 Å². The molecular formula is C13H18N2O3. The lowest BCUT2D eigenvalue weighted by Crippen LogP contribution is -2.43. The zero-order valence-electron chi connectivity index (χ0n) is 10.2. The Morgan fingerprint density at radius 1 is 1.56 bits per heavy atom. The lowest BCUT2D eigenvalue weighted by molar-refractivity contribution is -0.121. The van der Waals surface area contributed by atoms with Crippen LogP contribution in [-0.2, 0) is 16.0 Å². The quantitative estimate of drug-likeness (QED) is 0.661. The molecule has 1 heterocycles. The Balaban J connectivity index is 1.82. The van der Waals surface area contributed by atoms with Gasteiger partial charge in [0.05, 0.1) is 13.0 Å². The van der Waals surface area contributed by atoms with Gasteiger partial charge >= 0.3 is 0 Å². The standard InChI is InChI=1S/C13H18N2O3/c14-11-3-1-2-10(6-11)7-12(16)15-8-13(17)4-5-18-9-13/h1-3,6,17H,4-5,7-9,14H2,(H,15,16). The molecular weight excluding hydrogens is 232 g/mol. The number of aliphatic hydroxyl groups is 1. The Bertz CT molecular complexity index is 428. The molecule has 0 bridgehead atoms. The molecule has 4 N–H and O–H groups in total. The number of nitrogen functional groups attached to an aromatic ring is 1. The summed E-state index contributed by atoms with van der Waals surface area (Å²) in [5, 5.41) is 12.7. The van der Waals surface area contributed by atoms with Crippen molar-refractivity contribution in [1.29, 1.82) is 0 Å². The number of nitrogens with one attached hydrogen (secondary N) is 1. The highest BCUT2D eigenvalue weighted by Gasteiger charge is 2.32. The third-order valence-electron chi connectivity index (χ3n) is 3.01. The van der Waals surface area contributed by atoms with E-state index in [2.05, 4.69) is 5.32 Å². The summed E-state index contributed by atoms with van der Waals surface area (Å²) < 4.78 is 5.11. The van der Waals surface area contributed by atoms with Crippen molar-refractivity contribution in [3.05, 3.63) is 29.8 Å². The van der Waals surface area contributed by atoms with Gasteiger partial charge in [0.1, 0.15) is 5.60 Å². The van der Waals surface area contributed by atoms with E-state index in [0.717, 1.165) is 5.56 Å². The molecule has 1 aliphatic rings. The highest BCUT2D eigenvalue weighted by Crippen LogP contribution is 2.17. The minimum atomic E-state index is -0.911. The summed E-state index contributed by atoms with van der Waals surface area (Å²) in [7, 11) is 0. The van der Waals surface area contributed by atoms with Crippen LogP contribution in [0.4, 0.5) is 5.69 Å². The summed E-state index contributed by atoms with van der Waals surface area (Å²) in [6.45, 7) is 1.06. The average Bonchev–Trinajstić information content (AvgIpc) is 2.74. The zero-order valence-corrected chi connectivity index (χ0v) is 10.2. The van der Waals surface area contributed by atoms with E-state index in [4.69, 9.17) is 10.5 Å². The number of rotatable bonds is 4. The maximum absolute atomic E-state index is 11.7. The Hall–Kier alpha value is -1.59. The first kappa shape index (κ1) is 12.9. The smallest absolute Gasteiger partial charge is 0.224 e. The molecule has 18 heavy (non-hydrogen) atoms. The topological polar surface area (TPSA) is 84.6 Å². The van der Waals surface area contributed by atoms with E-state index in [-0.39, 0.29) is 25.5 Å². The second-order valence-electron chi connectivity index (χ2n) is 4.73. The third-order valence-corrected chi connectivity index (χ3v) is 3.01. The first-order valence-corrected chi connectivity index (χ1v) is 5.99. The molecule has 5 heteroatoms. The Labute approximate surface area is 106 Å². The van der Waals surface area contributed by atoms with E-state index in [0.29, 0.717) is 18.7 Å². The largest absolute Gasteiger partial charge is 0.399 e. The molecule has 1 fully saturated rings. The minimum absolute atomic E-state index is 0.124. The fourth-order valence-corrected chi connectivity index (χ4v) is 1.95. The molecule has 1 saturated heterocycles. The normalized spacial score (nSPS) is 22.9. The molecule has 1 unspecified atom stereocenters. The summed E-state index contributed by atoms with van der Waals surface area (Å²) in [5.74, 6) is -0.124. The van der Waals surface area contributed by atoms with Crippen molar-refractivity contribution < 1.29 is 14.6 Å². The summed E-state index contributed by atoms with van der Waals surface area (Å²) in [6.07, 6.45) is 0.827. The van der Waals surface area contributed by atoms with Crippen molar-refractivity contribution in [1.82, 2.24) is 5.32 Å². The third kappa shape index (κ3) is 3.45. The van der Waals surface area contributed by atoms with Crippen LogP contribution >= 0.6 is 0 Å². The van der Waals surface area contributed by atoms with Crippen LogP contribution in [0.15, 0.2) is 24.3 Å². The number of ether oxygens (including phenoxy) is 1. The predicted octanol–water partition coefficient (Wildman–Crippen LogP) is 0.0789. The maximum atomic E-state index is 11.7. The van der Waals surface area contributed by atoms with Crippen LogP contribution < -0.4 is 11.1 Å². The number of carbonyl (C=O) groups excluding carboxylic acids is 1. The van der Waals surface area contributed by atoms with E-state index in [9.17, 15) is 9.90 Å². The molecule has 1 atom stereocenters. The lowest BCUT2D eigenvalue weighted by atomic mass is 10.0. The van der Waals surface area contributed by atoms with Crippen molar-refractivity contribution in [2.24, 2.45) is 0 Å². The van der Waals surface area contributed by atoms with Crippen LogP contribution in [0.25, 0.3) is 0 Å². The number of nitrogens with two attached hydrogens (primary N) is 1. The van der Waals surface area contributed by atoms with Gasteiger partial charge in [0.2, 0.25) is 5.91 Å². The summed E-state index contributed by atoms with van der Waals surface area (Å²) >= 11 is 0. The number of hydrogen-bond donors (Lipinski definition) is 3. The van der Waals surface area contributed by atoms with Crippen molar-refractivity contribution in [2.75, 3.05) is 25.5 Å².